The molecule has 1 N–H and O–H groups in total. The fourth-order valence-corrected chi connectivity index (χ4v) is 2.51. The molecule has 1 nitrogen and oxygen atoms in total. The molecule has 0 spiro atoms. The molecule has 0 fully saturated rings. The predicted octanol–water partition coefficient (Wildman–Crippen LogP) is 3.24. The molecular formula is C14H21N. The summed E-state index contributed by atoms with van der Waals surface area (Å²) in [6.45, 7) is 6.73. The van der Waals surface area contributed by atoms with Crippen LogP contribution in [0.25, 0.3) is 0 Å². The highest BCUT2D eigenvalue weighted by Gasteiger charge is 2.17. The van der Waals surface area contributed by atoms with Crippen LogP contribution in [0.2, 0.25) is 0 Å². The highest BCUT2D eigenvalue weighted by atomic mass is 14.9. The van der Waals surface area contributed by atoms with E-state index in [2.05, 4.69) is 37.4 Å². The van der Waals surface area contributed by atoms with Crippen LogP contribution < -0.4 is 5.32 Å². The average molecular weight is 203 g/mol. The Morgan fingerprint density at radius 3 is 2.93 bits per heavy atom. The third kappa shape index (κ3) is 2.23. The molecule has 0 bridgehead atoms. The molecule has 1 heterocycles. The summed E-state index contributed by atoms with van der Waals surface area (Å²) in [6, 6.07) is 7.07. The van der Waals surface area contributed by atoms with E-state index in [1.807, 2.05) is 0 Å². The van der Waals surface area contributed by atoms with Crippen LogP contribution in [0.1, 0.15) is 49.3 Å². The third-order valence-corrected chi connectivity index (χ3v) is 3.38. The van der Waals surface area contributed by atoms with Gasteiger partial charge in [-0.15, -0.1) is 0 Å². The lowest BCUT2D eigenvalue weighted by Crippen LogP contribution is -2.27. The van der Waals surface area contributed by atoms with Gasteiger partial charge in [0.1, 0.15) is 0 Å². The van der Waals surface area contributed by atoms with Crippen LogP contribution in [0.5, 0.6) is 0 Å². The van der Waals surface area contributed by atoms with Crippen LogP contribution in [0.15, 0.2) is 18.2 Å². The number of rotatable bonds is 3. The van der Waals surface area contributed by atoms with E-state index in [4.69, 9.17) is 0 Å². The third-order valence-electron chi connectivity index (χ3n) is 3.38. The molecule has 0 saturated carbocycles. The van der Waals surface area contributed by atoms with Crippen molar-refractivity contribution in [3.05, 3.63) is 34.9 Å². The van der Waals surface area contributed by atoms with Crippen molar-refractivity contribution in [2.75, 3.05) is 6.54 Å². The Labute approximate surface area is 92.9 Å². The van der Waals surface area contributed by atoms with E-state index >= 15 is 0 Å². The maximum Gasteiger partial charge on any atom is 0.0208 e. The lowest BCUT2D eigenvalue weighted by Gasteiger charge is -2.26. The molecule has 1 aromatic rings. The number of benzene rings is 1. The number of hydrogen-bond donors (Lipinski definition) is 1. The molecule has 0 saturated heterocycles. The van der Waals surface area contributed by atoms with Gasteiger partial charge >= 0.3 is 0 Å². The topological polar surface area (TPSA) is 12.0 Å². The number of fused-ring (bicyclic) bond motifs is 1. The van der Waals surface area contributed by atoms with Crippen molar-refractivity contribution >= 4 is 0 Å². The quantitative estimate of drug-likeness (QED) is 0.795. The van der Waals surface area contributed by atoms with Crippen LogP contribution in [-0.2, 0) is 13.0 Å². The maximum absolute atomic E-state index is 3.51. The van der Waals surface area contributed by atoms with Gasteiger partial charge in [0.25, 0.3) is 0 Å². The van der Waals surface area contributed by atoms with Gasteiger partial charge in [-0.25, -0.2) is 0 Å². The highest BCUT2D eigenvalue weighted by Crippen LogP contribution is 2.27. The zero-order valence-corrected chi connectivity index (χ0v) is 9.84. The molecule has 0 aromatic heterocycles. The summed E-state index contributed by atoms with van der Waals surface area (Å²) in [5.41, 5.74) is 4.60. The van der Waals surface area contributed by atoms with Gasteiger partial charge in [-0.1, -0.05) is 38.5 Å². The normalized spacial score (nSPS) is 20.0. The summed E-state index contributed by atoms with van der Waals surface area (Å²) in [5, 5.41) is 3.51. The lowest BCUT2D eigenvalue weighted by molar-refractivity contribution is 0.530. The summed E-state index contributed by atoms with van der Waals surface area (Å²) in [4.78, 5) is 0. The van der Waals surface area contributed by atoms with E-state index in [-0.39, 0.29) is 0 Å². The first kappa shape index (κ1) is 10.7. The van der Waals surface area contributed by atoms with E-state index in [9.17, 15) is 0 Å². The average Bonchev–Trinajstić information content (AvgIpc) is 2.28. The Balaban J connectivity index is 2.27. The van der Waals surface area contributed by atoms with Gasteiger partial charge in [-0.3, -0.25) is 0 Å². The van der Waals surface area contributed by atoms with E-state index in [0.29, 0.717) is 0 Å². The van der Waals surface area contributed by atoms with Crippen molar-refractivity contribution in [3.8, 4) is 0 Å². The number of nitrogens with one attached hydrogen (secondary N) is 1. The molecule has 1 aromatic carbocycles. The van der Waals surface area contributed by atoms with Crippen molar-refractivity contribution in [2.24, 2.45) is 0 Å². The minimum Gasteiger partial charge on any atom is -0.312 e. The van der Waals surface area contributed by atoms with E-state index in [1.54, 1.807) is 5.56 Å². The standard InChI is InChI=1S/C14H21N/c1-3-5-11-6-7-14-12(4-2)9-15-10-13(14)8-11/h6-8,12,15H,3-5,9-10H2,1-2H3. The van der Waals surface area contributed by atoms with Crippen LogP contribution >= 0.6 is 0 Å². The fraction of sp³-hybridized carbons (Fsp3) is 0.571. The Morgan fingerprint density at radius 2 is 2.20 bits per heavy atom. The van der Waals surface area contributed by atoms with Crippen molar-refractivity contribution in [2.45, 2.75) is 45.6 Å². The van der Waals surface area contributed by atoms with Crippen molar-refractivity contribution in [1.82, 2.24) is 5.32 Å². The van der Waals surface area contributed by atoms with Crippen LogP contribution in [0.4, 0.5) is 0 Å². The van der Waals surface area contributed by atoms with E-state index in [1.165, 1.54) is 30.4 Å². The second kappa shape index (κ2) is 4.80. The molecule has 1 atom stereocenters. The first-order valence-electron chi connectivity index (χ1n) is 6.17. The van der Waals surface area contributed by atoms with Crippen LogP contribution in [0.3, 0.4) is 0 Å². The summed E-state index contributed by atoms with van der Waals surface area (Å²) in [5.74, 6) is 0.726. The largest absolute Gasteiger partial charge is 0.312 e. The molecule has 2 rings (SSSR count). The fourth-order valence-electron chi connectivity index (χ4n) is 2.51. The molecule has 0 amide bonds. The summed E-state index contributed by atoms with van der Waals surface area (Å²) < 4.78 is 0. The molecule has 1 unspecified atom stereocenters. The molecule has 0 aliphatic carbocycles. The van der Waals surface area contributed by atoms with Gasteiger partial charge in [-0.2, -0.15) is 0 Å². The Hall–Kier alpha value is -0.820. The summed E-state index contributed by atoms with van der Waals surface area (Å²) >= 11 is 0. The highest BCUT2D eigenvalue weighted by molar-refractivity contribution is 5.36. The summed E-state index contributed by atoms with van der Waals surface area (Å²) in [6.07, 6.45) is 3.70. The Morgan fingerprint density at radius 1 is 1.33 bits per heavy atom. The minimum absolute atomic E-state index is 0.726. The van der Waals surface area contributed by atoms with Gasteiger partial charge in [0.2, 0.25) is 0 Å². The van der Waals surface area contributed by atoms with Crippen molar-refractivity contribution < 1.29 is 0 Å². The molecule has 0 radical (unpaired) electrons. The number of hydrogen-bond acceptors (Lipinski definition) is 1. The minimum atomic E-state index is 0.726. The van der Waals surface area contributed by atoms with Gasteiger partial charge in [0.15, 0.2) is 0 Å². The van der Waals surface area contributed by atoms with E-state index < -0.39 is 0 Å². The van der Waals surface area contributed by atoms with Gasteiger partial charge in [0.05, 0.1) is 0 Å². The maximum atomic E-state index is 3.51. The Bertz CT molecular complexity index is 330. The van der Waals surface area contributed by atoms with Gasteiger partial charge in [-0.05, 0) is 35.4 Å². The van der Waals surface area contributed by atoms with Crippen LogP contribution in [0, 0.1) is 0 Å². The predicted molar refractivity (Wildman–Crippen MR) is 65.2 cm³/mol. The first-order chi connectivity index (χ1) is 7.35. The molecule has 15 heavy (non-hydrogen) atoms. The van der Waals surface area contributed by atoms with Gasteiger partial charge in [0, 0.05) is 13.1 Å². The van der Waals surface area contributed by atoms with Crippen molar-refractivity contribution in [1.29, 1.82) is 0 Å². The van der Waals surface area contributed by atoms with Gasteiger partial charge < -0.3 is 5.32 Å². The molecule has 1 heteroatoms. The van der Waals surface area contributed by atoms with E-state index in [0.717, 1.165) is 19.0 Å². The molecule has 1 aliphatic heterocycles. The second-order valence-electron chi connectivity index (χ2n) is 4.52. The monoisotopic (exact) mass is 203 g/mol. The van der Waals surface area contributed by atoms with Crippen molar-refractivity contribution in [3.63, 3.8) is 0 Å². The second-order valence-corrected chi connectivity index (χ2v) is 4.52. The Kier molecular flexibility index (Phi) is 3.42. The smallest absolute Gasteiger partial charge is 0.0208 e. The zero-order chi connectivity index (χ0) is 10.7. The number of aryl methyl sites for hydroxylation is 1. The molecule has 1 aliphatic rings. The lowest BCUT2D eigenvalue weighted by atomic mass is 9.87. The molecule has 82 valence electrons. The first-order valence-corrected chi connectivity index (χ1v) is 6.17. The van der Waals surface area contributed by atoms with Crippen LogP contribution in [-0.4, -0.2) is 6.54 Å². The SMILES string of the molecule is CCCc1ccc2c(c1)CNCC2CC. The molecular weight excluding hydrogens is 182 g/mol. The zero-order valence-electron chi connectivity index (χ0n) is 9.84. The summed E-state index contributed by atoms with van der Waals surface area (Å²) in [7, 11) is 0.